The molecular weight excluding hydrogens is 290 g/mol. The summed E-state index contributed by atoms with van der Waals surface area (Å²) in [5.74, 6) is -0.186. The highest BCUT2D eigenvalue weighted by atomic mass is 35.5. The Bertz CT molecular complexity index is 613. The lowest BCUT2D eigenvalue weighted by Gasteiger charge is -2.29. The number of methoxy groups -OCH3 is 1. The van der Waals surface area contributed by atoms with Crippen molar-refractivity contribution in [2.24, 2.45) is 0 Å². The number of hydrogen-bond acceptors (Lipinski definition) is 4. The molecule has 2 heterocycles. The van der Waals surface area contributed by atoms with Gasteiger partial charge in [-0.25, -0.2) is 4.98 Å². The molecule has 21 heavy (non-hydrogen) atoms. The maximum absolute atomic E-state index is 12.5. The van der Waals surface area contributed by atoms with Crippen LogP contribution in [0.15, 0.2) is 36.6 Å². The molecule has 0 aromatic carbocycles. The zero-order valence-electron chi connectivity index (χ0n) is 11.7. The van der Waals surface area contributed by atoms with Crippen LogP contribution < -0.4 is 0 Å². The Balaban J connectivity index is 2.33. The van der Waals surface area contributed by atoms with Gasteiger partial charge in [-0.1, -0.05) is 17.7 Å². The van der Waals surface area contributed by atoms with Crippen molar-refractivity contribution in [1.29, 1.82) is 5.41 Å². The number of aromatic nitrogens is 1. The van der Waals surface area contributed by atoms with Gasteiger partial charge in [0.15, 0.2) is 0 Å². The molecule has 6 heteroatoms. The highest BCUT2D eigenvalue weighted by Crippen LogP contribution is 2.22. The number of hydrogen-bond donors (Lipinski definition) is 1. The summed E-state index contributed by atoms with van der Waals surface area (Å²) in [5.41, 5.74) is 1.69. The summed E-state index contributed by atoms with van der Waals surface area (Å²) in [5, 5.41) is 7.91. The van der Waals surface area contributed by atoms with Gasteiger partial charge in [0.2, 0.25) is 0 Å². The number of nitrogens with zero attached hydrogens (tertiary/aromatic N) is 2. The summed E-state index contributed by atoms with van der Waals surface area (Å²) in [4.78, 5) is 18.2. The number of ether oxygens (including phenoxy) is 1. The van der Waals surface area contributed by atoms with Crippen molar-refractivity contribution in [3.63, 3.8) is 0 Å². The van der Waals surface area contributed by atoms with E-state index in [-0.39, 0.29) is 12.0 Å². The molecule has 0 aliphatic carbocycles. The fourth-order valence-corrected chi connectivity index (χ4v) is 2.35. The van der Waals surface area contributed by atoms with Gasteiger partial charge in [0.05, 0.1) is 23.1 Å². The van der Waals surface area contributed by atoms with E-state index in [2.05, 4.69) is 11.6 Å². The largest absolute Gasteiger partial charge is 0.373 e. The van der Waals surface area contributed by atoms with Gasteiger partial charge in [0, 0.05) is 26.3 Å². The van der Waals surface area contributed by atoms with Gasteiger partial charge in [0.25, 0.3) is 5.91 Å². The third-order valence-electron chi connectivity index (χ3n) is 3.29. The first-order chi connectivity index (χ1) is 10.1. The number of halogens is 1. The molecule has 1 aliphatic rings. The summed E-state index contributed by atoms with van der Waals surface area (Å²) < 4.78 is 5.18. The third-order valence-corrected chi connectivity index (χ3v) is 3.50. The lowest BCUT2D eigenvalue weighted by Crippen LogP contribution is -2.38. The first kappa shape index (κ1) is 15.4. The highest BCUT2D eigenvalue weighted by Gasteiger charge is 2.27. The minimum Gasteiger partial charge on any atom is -0.373 e. The molecule has 1 aromatic rings. The third kappa shape index (κ3) is 3.20. The van der Waals surface area contributed by atoms with Gasteiger partial charge in [-0.2, -0.15) is 0 Å². The van der Waals surface area contributed by atoms with Gasteiger partial charge in [-0.15, -0.1) is 6.58 Å². The summed E-state index contributed by atoms with van der Waals surface area (Å²) in [6.07, 6.45) is 4.68. The van der Waals surface area contributed by atoms with Crippen LogP contribution in [0.1, 0.15) is 16.1 Å². The Morgan fingerprint density at radius 3 is 3.00 bits per heavy atom. The van der Waals surface area contributed by atoms with Crippen LogP contribution in [0, 0.1) is 5.41 Å². The predicted molar refractivity (Wildman–Crippen MR) is 81.8 cm³/mol. The Hall–Kier alpha value is -1.98. The Morgan fingerprint density at radius 1 is 1.62 bits per heavy atom. The lowest BCUT2D eigenvalue weighted by atomic mass is 10.0. The van der Waals surface area contributed by atoms with Gasteiger partial charge >= 0.3 is 0 Å². The fourth-order valence-electron chi connectivity index (χ4n) is 2.19. The molecule has 1 aliphatic heterocycles. The highest BCUT2D eigenvalue weighted by molar-refractivity contribution is 6.29. The number of pyridine rings is 1. The zero-order valence-corrected chi connectivity index (χ0v) is 12.4. The van der Waals surface area contributed by atoms with E-state index in [1.807, 2.05) is 0 Å². The van der Waals surface area contributed by atoms with E-state index in [1.165, 1.54) is 0 Å². The number of carbonyl (C=O) groups excluding carboxylic acids is 1. The van der Waals surface area contributed by atoms with E-state index in [4.69, 9.17) is 21.7 Å². The van der Waals surface area contributed by atoms with Gasteiger partial charge in [-0.05, 0) is 18.2 Å². The minimum absolute atomic E-state index is 0.186. The van der Waals surface area contributed by atoms with Crippen molar-refractivity contribution < 1.29 is 9.53 Å². The fraction of sp³-hybridized carbons (Fsp3) is 0.267. The maximum Gasteiger partial charge on any atom is 0.260 e. The molecule has 2 rings (SSSR count). The summed E-state index contributed by atoms with van der Waals surface area (Å²) in [7, 11) is 1.55. The van der Waals surface area contributed by atoms with Crippen molar-refractivity contribution >= 4 is 23.7 Å². The van der Waals surface area contributed by atoms with Crippen LogP contribution in [0.4, 0.5) is 0 Å². The van der Waals surface area contributed by atoms with E-state index < -0.39 is 0 Å². The molecule has 1 N–H and O–H groups in total. The van der Waals surface area contributed by atoms with Crippen molar-refractivity contribution in [2.45, 2.75) is 12.5 Å². The molecule has 0 bridgehead atoms. The van der Waals surface area contributed by atoms with E-state index in [1.54, 1.807) is 36.3 Å². The maximum atomic E-state index is 12.5. The average Bonchev–Trinajstić information content (AvgIpc) is 2.50. The molecule has 1 aromatic heterocycles. The number of carbonyl (C=O) groups is 1. The van der Waals surface area contributed by atoms with Gasteiger partial charge < -0.3 is 15.0 Å². The van der Waals surface area contributed by atoms with Crippen molar-refractivity contribution in [2.75, 3.05) is 13.7 Å². The van der Waals surface area contributed by atoms with Crippen LogP contribution in [-0.2, 0) is 11.2 Å². The first-order valence-corrected chi connectivity index (χ1v) is 6.83. The van der Waals surface area contributed by atoms with E-state index in [0.717, 1.165) is 6.21 Å². The quantitative estimate of drug-likeness (QED) is 0.516. The number of allylic oxidation sites excluding steroid dienone is 1. The molecule has 1 unspecified atom stereocenters. The van der Waals surface area contributed by atoms with E-state index >= 15 is 0 Å². The SMILES string of the molecule is C=CC(/C=C(\C=N)N1CCc2nc(Cl)ccc2C1=O)OC. The monoisotopic (exact) mass is 305 g/mol. The molecule has 1 atom stereocenters. The number of rotatable bonds is 5. The second kappa shape index (κ2) is 6.65. The zero-order chi connectivity index (χ0) is 15.4. The summed E-state index contributed by atoms with van der Waals surface area (Å²) in [6.45, 7) is 4.11. The van der Waals surface area contributed by atoms with Gasteiger partial charge in [-0.3, -0.25) is 4.79 Å². The average molecular weight is 306 g/mol. The van der Waals surface area contributed by atoms with Crippen LogP contribution >= 0.6 is 11.6 Å². The Kier molecular flexibility index (Phi) is 4.88. The van der Waals surface area contributed by atoms with Gasteiger partial charge in [0.1, 0.15) is 5.15 Å². The van der Waals surface area contributed by atoms with Crippen LogP contribution in [0.3, 0.4) is 0 Å². The summed E-state index contributed by atoms with van der Waals surface area (Å²) in [6, 6.07) is 3.26. The minimum atomic E-state index is -0.348. The van der Waals surface area contributed by atoms with Crippen LogP contribution in [0.5, 0.6) is 0 Å². The molecule has 0 radical (unpaired) electrons. The second-order valence-electron chi connectivity index (χ2n) is 4.51. The molecule has 1 amide bonds. The topological polar surface area (TPSA) is 66.3 Å². The molecule has 110 valence electrons. The number of fused-ring (bicyclic) bond motifs is 1. The molecule has 0 fully saturated rings. The first-order valence-electron chi connectivity index (χ1n) is 6.45. The van der Waals surface area contributed by atoms with Crippen molar-refractivity contribution in [1.82, 2.24) is 9.88 Å². The molecular formula is C15H16ClN3O2. The second-order valence-corrected chi connectivity index (χ2v) is 4.89. The normalized spacial score (nSPS) is 16.4. The molecule has 0 saturated carbocycles. The van der Waals surface area contributed by atoms with Crippen LogP contribution in [-0.4, -0.2) is 41.8 Å². The molecule has 0 saturated heterocycles. The van der Waals surface area contributed by atoms with Crippen molar-refractivity contribution in [3.8, 4) is 0 Å². The lowest BCUT2D eigenvalue weighted by molar-refractivity contribution is 0.0796. The predicted octanol–water partition coefficient (Wildman–Crippen LogP) is 2.47. The summed E-state index contributed by atoms with van der Waals surface area (Å²) >= 11 is 5.85. The number of nitrogens with one attached hydrogen (secondary N) is 1. The van der Waals surface area contributed by atoms with Crippen LogP contribution in [0.2, 0.25) is 5.15 Å². The number of amides is 1. The smallest absolute Gasteiger partial charge is 0.260 e. The Morgan fingerprint density at radius 2 is 2.38 bits per heavy atom. The molecule has 0 spiro atoms. The van der Waals surface area contributed by atoms with E-state index in [9.17, 15) is 4.79 Å². The molecule has 5 nitrogen and oxygen atoms in total. The standard InChI is InChI=1S/C15H16ClN3O2/c1-3-11(21-2)8-10(9-17)19-7-6-13-12(15(19)20)4-5-14(16)18-13/h3-5,8-9,11,17H,1,6-7H2,2H3/b10-8+,17-9?. The van der Waals surface area contributed by atoms with Crippen LogP contribution in [0.25, 0.3) is 0 Å². The Labute approximate surface area is 128 Å². The van der Waals surface area contributed by atoms with Crippen molar-refractivity contribution in [3.05, 3.63) is 53.0 Å². The van der Waals surface area contributed by atoms with E-state index in [0.29, 0.717) is 35.1 Å².